The van der Waals surface area contributed by atoms with Crippen LogP contribution in [0.2, 0.25) is 0 Å². The zero-order chi connectivity index (χ0) is 24.3. The Kier molecular flexibility index (Phi) is 12.2. The highest BCUT2D eigenvalue weighted by Crippen LogP contribution is 2.03. The number of hydrogen-bond donors (Lipinski definition) is 8. The molecule has 0 rings (SSSR count). The molecule has 0 aliphatic heterocycles. The molecule has 4 atom stereocenters. The fourth-order valence-corrected chi connectivity index (χ4v) is 2.50. The molecule has 14 heteroatoms. The lowest BCUT2D eigenvalue weighted by molar-refractivity contribution is -0.143. The Morgan fingerprint density at radius 1 is 0.871 bits per heavy atom. The maximum absolute atomic E-state index is 12.5. The van der Waals surface area contributed by atoms with E-state index in [0.29, 0.717) is 0 Å². The number of primary amides is 1. The van der Waals surface area contributed by atoms with Crippen molar-refractivity contribution in [2.45, 2.75) is 57.3 Å². The second-order valence-electron chi connectivity index (χ2n) is 7.08. The first-order valence-corrected chi connectivity index (χ1v) is 9.93. The smallest absolute Gasteiger partial charge is 0.326 e. The summed E-state index contributed by atoms with van der Waals surface area (Å²) >= 11 is 3.94. The Morgan fingerprint density at radius 3 is 1.77 bits per heavy atom. The maximum atomic E-state index is 12.5. The van der Waals surface area contributed by atoms with Gasteiger partial charge in [-0.15, -0.1) is 0 Å². The summed E-state index contributed by atoms with van der Waals surface area (Å²) in [4.78, 5) is 70.2. The first-order chi connectivity index (χ1) is 14.3. The molecular weight excluding hydrogens is 434 g/mol. The number of rotatable bonds is 14. The van der Waals surface area contributed by atoms with Crippen molar-refractivity contribution in [2.75, 3.05) is 5.75 Å². The van der Waals surface area contributed by atoms with Crippen LogP contribution in [-0.4, -0.2) is 75.7 Å². The van der Waals surface area contributed by atoms with Crippen LogP contribution in [0.25, 0.3) is 0 Å². The third kappa shape index (κ3) is 10.6. The highest BCUT2D eigenvalue weighted by molar-refractivity contribution is 7.80. The average molecular weight is 464 g/mol. The first kappa shape index (κ1) is 28.1. The lowest BCUT2D eigenvalue weighted by atomic mass is 10.0. The second kappa shape index (κ2) is 13.4. The molecule has 0 heterocycles. The highest BCUT2D eigenvalue weighted by Gasteiger charge is 2.31. The molecule has 13 nitrogen and oxygen atoms in total. The van der Waals surface area contributed by atoms with Gasteiger partial charge in [-0.1, -0.05) is 13.8 Å². The predicted molar refractivity (Wildman–Crippen MR) is 111 cm³/mol. The highest BCUT2D eigenvalue weighted by atomic mass is 32.1. The SMILES string of the molecule is CC(C)C(N)C(=O)NC(CC(N)=O)C(=O)NC(CS)C(=O)NC(CCC(=O)O)C(=O)O. The van der Waals surface area contributed by atoms with Gasteiger partial charge in [-0.05, 0) is 12.3 Å². The topological polar surface area (TPSA) is 231 Å². The molecule has 0 spiro atoms. The van der Waals surface area contributed by atoms with E-state index in [1.54, 1.807) is 13.8 Å². The monoisotopic (exact) mass is 463 g/mol. The van der Waals surface area contributed by atoms with E-state index < -0.39 is 72.6 Å². The normalized spacial score (nSPS) is 14.6. The largest absolute Gasteiger partial charge is 0.481 e. The summed E-state index contributed by atoms with van der Waals surface area (Å²) < 4.78 is 0. The van der Waals surface area contributed by atoms with Crippen molar-refractivity contribution < 1.29 is 39.0 Å². The van der Waals surface area contributed by atoms with Crippen molar-refractivity contribution in [1.82, 2.24) is 16.0 Å². The number of hydrogen-bond acceptors (Lipinski definition) is 8. The van der Waals surface area contributed by atoms with E-state index in [4.69, 9.17) is 21.7 Å². The first-order valence-electron chi connectivity index (χ1n) is 9.30. The van der Waals surface area contributed by atoms with Gasteiger partial charge in [0.15, 0.2) is 0 Å². The molecule has 0 aliphatic carbocycles. The van der Waals surface area contributed by atoms with E-state index in [0.717, 1.165) is 0 Å². The molecule has 31 heavy (non-hydrogen) atoms. The van der Waals surface area contributed by atoms with E-state index in [9.17, 15) is 28.8 Å². The number of carbonyl (C=O) groups is 6. The lowest BCUT2D eigenvalue weighted by Crippen LogP contribution is -2.58. The number of thiol groups is 1. The third-order valence-electron chi connectivity index (χ3n) is 4.14. The quantitative estimate of drug-likeness (QED) is 0.124. The van der Waals surface area contributed by atoms with Crippen LogP contribution < -0.4 is 27.4 Å². The molecule has 0 aliphatic rings. The molecular formula is C17H29N5O8S. The van der Waals surface area contributed by atoms with Gasteiger partial charge in [0.2, 0.25) is 23.6 Å². The number of carbonyl (C=O) groups excluding carboxylic acids is 4. The molecule has 0 radical (unpaired) electrons. The van der Waals surface area contributed by atoms with E-state index >= 15 is 0 Å². The van der Waals surface area contributed by atoms with Crippen LogP contribution in [0.5, 0.6) is 0 Å². The Balaban J connectivity index is 5.26. The molecule has 0 aromatic carbocycles. The van der Waals surface area contributed by atoms with Crippen molar-refractivity contribution in [2.24, 2.45) is 17.4 Å². The minimum Gasteiger partial charge on any atom is -0.481 e. The summed E-state index contributed by atoms with van der Waals surface area (Å²) in [5, 5.41) is 24.5. The molecule has 0 saturated heterocycles. The van der Waals surface area contributed by atoms with Crippen LogP contribution in [0, 0.1) is 5.92 Å². The second-order valence-corrected chi connectivity index (χ2v) is 7.44. The summed E-state index contributed by atoms with van der Waals surface area (Å²) in [6.45, 7) is 3.36. The van der Waals surface area contributed by atoms with Gasteiger partial charge in [0, 0.05) is 12.2 Å². The molecule has 0 bridgehead atoms. The fraction of sp³-hybridized carbons (Fsp3) is 0.647. The Morgan fingerprint density at radius 2 is 1.35 bits per heavy atom. The number of nitrogens with two attached hydrogens (primary N) is 2. The van der Waals surface area contributed by atoms with Gasteiger partial charge in [0.25, 0.3) is 0 Å². The van der Waals surface area contributed by atoms with Crippen LogP contribution >= 0.6 is 12.6 Å². The van der Waals surface area contributed by atoms with Crippen LogP contribution in [0.3, 0.4) is 0 Å². The van der Waals surface area contributed by atoms with Gasteiger partial charge in [0.1, 0.15) is 18.1 Å². The number of carboxylic acid groups (broad SMARTS) is 2. The van der Waals surface area contributed by atoms with Gasteiger partial charge in [-0.25, -0.2) is 4.79 Å². The van der Waals surface area contributed by atoms with Gasteiger partial charge in [0.05, 0.1) is 12.5 Å². The summed E-state index contributed by atoms with van der Waals surface area (Å²) in [6.07, 6.45) is -1.45. The van der Waals surface area contributed by atoms with E-state index in [1.807, 2.05) is 0 Å². The molecule has 4 amide bonds. The zero-order valence-electron chi connectivity index (χ0n) is 17.2. The number of nitrogens with one attached hydrogen (secondary N) is 3. The average Bonchev–Trinajstić information content (AvgIpc) is 2.66. The molecule has 9 N–H and O–H groups in total. The van der Waals surface area contributed by atoms with E-state index in [2.05, 4.69) is 28.6 Å². The van der Waals surface area contributed by atoms with Gasteiger partial charge < -0.3 is 37.6 Å². The van der Waals surface area contributed by atoms with E-state index in [-0.39, 0.29) is 18.1 Å². The number of aliphatic carboxylic acids is 2. The Bertz CT molecular complexity index is 702. The zero-order valence-corrected chi connectivity index (χ0v) is 18.1. The standard InChI is InChI=1S/C17H29N5O8S/c1-7(2)13(19)16(28)21-9(5-11(18)23)14(26)22-10(6-31)15(27)20-8(17(29)30)3-4-12(24)25/h7-10,13,31H,3-6,19H2,1-2H3,(H2,18,23)(H,20,27)(H,21,28)(H,22,26)(H,24,25)(H,29,30). The van der Waals surface area contributed by atoms with E-state index in [1.165, 1.54) is 0 Å². The molecule has 176 valence electrons. The molecule has 0 aromatic heterocycles. The summed E-state index contributed by atoms with van der Waals surface area (Å²) in [5.41, 5.74) is 10.8. The Labute approximate surface area is 184 Å². The predicted octanol–water partition coefficient (Wildman–Crippen LogP) is -2.82. The summed E-state index contributed by atoms with van der Waals surface area (Å²) in [5.74, 6) is -6.70. The number of amides is 4. The Hall–Kier alpha value is -2.87. The van der Waals surface area contributed by atoms with Crippen LogP contribution in [-0.2, 0) is 28.8 Å². The van der Waals surface area contributed by atoms with Crippen molar-refractivity contribution in [3.8, 4) is 0 Å². The lowest BCUT2D eigenvalue weighted by Gasteiger charge is -2.24. The molecule has 0 fully saturated rings. The maximum Gasteiger partial charge on any atom is 0.326 e. The molecule has 4 unspecified atom stereocenters. The van der Waals surface area contributed by atoms with Gasteiger partial charge >= 0.3 is 11.9 Å². The minimum atomic E-state index is -1.51. The van der Waals surface area contributed by atoms with Crippen LogP contribution in [0.4, 0.5) is 0 Å². The van der Waals surface area contributed by atoms with Crippen molar-refractivity contribution in [3.05, 3.63) is 0 Å². The third-order valence-corrected chi connectivity index (χ3v) is 4.50. The van der Waals surface area contributed by atoms with Crippen molar-refractivity contribution in [1.29, 1.82) is 0 Å². The molecule has 0 saturated carbocycles. The van der Waals surface area contributed by atoms with Crippen molar-refractivity contribution >= 4 is 48.2 Å². The molecule has 0 aromatic rings. The van der Waals surface area contributed by atoms with Gasteiger partial charge in [-0.3, -0.25) is 24.0 Å². The van der Waals surface area contributed by atoms with Crippen molar-refractivity contribution in [3.63, 3.8) is 0 Å². The summed E-state index contributed by atoms with van der Waals surface area (Å²) in [6, 6.07) is -5.23. The van der Waals surface area contributed by atoms with Crippen LogP contribution in [0.1, 0.15) is 33.1 Å². The number of carboxylic acids is 2. The van der Waals surface area contributed by atoms with Gasteiger partial charge in [-0.2, -0.15) is 12.6 Å². The fourth-order valence-electron chi connectivity index (χ4n) is 2.25. The minimum absolute atomic E-state index is 0.257. The van der Waals surface area contributed by atoms with Crippen LogP contribution in [0.15, 0.2) is 0 Å². The summed E-state index contributed by atoms with van der Waals surface area (Å²) in [7, 11) is 0.